The maximum absolute atomic E-state index is 11.6. The number of nitrogens with one attached hydrogen (secondary N) is 1. The van der Waals surface area contributed by atoms with E-state index < -0.39 is 6.04 Å². The van der Waals surface area contributed by atoms with Gasteiger partial charge in [0.2, 0.25) is 5.91 Å². The third kappa shape index (κ3) is 5.94. The van der Waals surface area contributed by atoms with E-state index in [1.807, 2.05) is 38.1 Å². The lowest BCUT2D eigenvalue weighted by atomic mass is 10.0. The molecule has 1 rings (SSSR count). The maximum Gasteiger partial charge on any atom is 0.237 e. The summed E-state index contributed by atoms with van der Waals surface area (Å²) in [6.07, 6.45) is 0.792. The van der Waals surface area contributed by atoms with Crippen LogP contribution in [0.1, 0.15) is 19.4 Å². The Hall–Kier alpha value is -1.26. The quantitative estimate of drug-likeness (QED) is 0.837. The lowest BCUT2D eigenvalue weighted by molar-refractivity contribution is -0.123. The van der Waals surface area contributed by atoms with Gasteiger partial charge in [0.25, 0.3) is 0 Å². The number of carbonyl (C=O) groups excluding carboxylic acids is 1. The van der Waals surface area contributed by atoms with Crippen molar-refractivity contribution in [3.63, 3.8) is 0 Å². The molecule has 0 heterocycles. The van der Waals surface area contributed by atoms with Crippen molar-refractivity contribution in [2.24, 2.45) is 11.7 Å². The van der Waals surface area contributed by atoms with Crippen molar-refractivity contribution < 1.29 is 9.53 Å². The number of hydrogen-bond donors (Lipinski definition) is 2. The van der Waals surface area contributed by atoms with E-state index in [0.717, 1.165) is 17.7 Å². The molecule has 0 aliphatic rings. The molecule has 1 atom stereocenters. The average molecular weight is 287 g/mol. The second-order valence-corrected chi connectivity index (χ2v) is 4.66. The maximum atomic E-state index is 11.6. The monoisotopic (exact) mass is 286 g/mol. The Morgan fingerprint density at radius 3 is 2.37 bits per heavy atom. The van der Waals surface area contributed by atoms with E-state index in [1.165, 1.54) is 0 Å². The van der Waals surface area contributed by atoms with Crippen LogP contribution >= 0.6 is 12.4 Å². The minimum absolute atomic E-state index is 0. The van der Waals surface area contributed by atoms with Crippen LogP contribution in [0.4, 0.5) is 0 Å². The summed E-state index contributed by atoms with van der Waals surface area (Å²) in [6, 6.07) is 7.38. The molecule has 3 N–H and O–H groups in total. The summed E-state index contributed by atoms with van der Waals surface area (Å²) in [5.41, 5.74) is 6.91. The predicted molar refractivity (Wildman–Crippen MR) is 79.8 cm³/mol. The molecule has 5 heteroatoms. The van der Waals surface area contributed by atoms with Crippen LogP contribution in [0, 0.1) is 5.92 Å². The van der Waals surface area contributed by atoms with Gasteiger partial charge in [-0.05, 0) is 30.0 Å². The highest BCUT2D eigenvalue weighted by Crippen LogP contribution is 2.11. The standard InChI is InChI=1S/C14H22N2O2.ClH/c1-10(2)13(15)14(17)16-9-8-11-4-6-12(18-3)7-5-11;/h4-7,10,13H,8-9,15H2,1-3H3,(H,16,17);1H/t13-;/m1./s1. The van der Waals surface area contributed by atoms with Crippen molar-refractivity contribution in [1.82, 2.24) is 5.32 Å². The van der Waals surface area contributed by atoms with Crippen molar-refractivity contribution in [2.45, 2.75) is 26.3 Å². The van der Waals surface area contributed by atoms with Gasteiger partial charge < -0.3 is 15.8 Å². The number of hydrogen-bond acceptors (Lipinski definition) is 3. The molecule has 0 bridgehead atoms. The van der Waals surface area contributed by atoms with Crippen molar-refractivity contribution in [3.8, 4) is 5.75 Å². The summed E-state index contributed by atoms with van der Waals surface area (Å²) < 4.78 is 5.08. The van der Waals surface area contributed by atoms with E-state index in [9.17, 15) is 4.79 Å². The van der Waals surface area contributed by atoms with Crippen LogP contribution in [0.3, 0.4) is 0 Å². The van der Waals surface area contributed by atoms with Gasteiger partial charge in [-0.25, -0.2) is 0 Å². The molecule has 0 aliphatic carbocycles. The molecular weight excluding hydrogens is 264 g/mol. The molecule has 0 saturated heterocycles. The van der Waals surface area contributed by atoms with Crippen molar-refractivity contribution in [1.29, 1.82) is 0 Å². The highest BCUT2D eigenvalue weighted by molar-refractivity contribution is 5.85. The number of halogens is 1. The summed E-state index contributed by atoms with van der Waals surface area (Å²) in [7, 11) is 1.64. The first-order valence-corrected chi connectivity index (χ1v) is 6.21. The number of ether oxygens (including phenoxy) is 1. The Morgan fingerprint density at radius 1 is 1.32 bits per heavy atom. The number of methoxy groups -OCH3 is 1. The number of rotatable bonds is 6. The summed E-state index contributed by atoms with van der Waals surface area (Å²) in [5, 5.41) is 2.85. The van der Waals surface area contributed by atoms with Gasteiger partial charge in [0.05, 0.1) is 13.2 Å². The first kappa shape index (κ1) is 17.7. The van der Waals surface area contributed by atoms with Crippen LogP contribution < -0.4 is 15.8 Å². The van der Waals surface area contributed by atoms with Gasteiger partial charge in [-0.2, -0.15) is 0 Å². The van der Waals surface area contributed by atoms with Gasteiger partial charge in [0.1, 0.15) is 5.75 Å². The molecule has 19 heavy (non-hydrogen) atoms. The van der Waals surface area contributed by atoms with Gasteiger partial charge in [-0.3, -0.25) is 4.79 Å². The van der Waals surface area contributed by atoms with Crippen molar-refractivity contribution in [3.05, 3.63) is 29.8 Å². The smallest absolute Gasteiger partial charge is 0.237 e. The minimum Gasteiger partial charge on any atom is -0.497 e. The number of benzene rings is 1. The third-order valence-corrected chi connectivity index (χ3v) is 2.89. The van der Waals surface area contributed by atoms with E-state index in [1.54, 1.807) is 7.11 Å². The fourth-order valence-corrected chi connectivity index (χ4v) is 1.54. The molecule has 108 valence electrons. The Balaban J connectivity index is 0.00000324. The van der Waals surface area contributed by atoms with Gasteiger partial charge in [-0.1, -0.05) is 26.0 Å². The third-order valence-electron chi connectivity index (χ3n) is 2.89. The second-order valence-electron chi connectivity index (χ2n) is 4.66. The summed E-state index contributed by atoms with van der Waals surface area (Å²) >= 11 is 0. The zero-order valence-electron chi connectivity index (χ0n) is 11.7. The molecule has 1 amide bonds. The molecule has 1 aromatic rings. The fraction of sp³-hybridized carbons (Fsp3) is 0.500. The predicted octanol–water partition coefficient (Wildman–Crippen LogP) is 1.76. The molecule has 1 aromatic carbocycles. The molecule has 0 unspecified atom stereocenters. The zero-order valence-corrected chi connectivity index (χ0v) is 12.5. The van der Waals surface area contributed by atoms with Crippen LogP contribution in [0.15, 0.2) is 24.3 Å². The first-order chi connectivity index (χ1) is 8.54. The molecule has 0 fully saturated rings. The van der Waals surface area contributed by atoms with Gasteiger partial charge in [0, 0.05) is 6.54 Å². The van der Waals surface area contributed by atoms with Crippen molar-refractivity contribution in [2.75, 3.05) is 13.7 Å². The molecular formula is C14H23ClN2O2. The van der Waals surface area contributed by atoms with E-state index >= 15 is 0 Å². The van der Waals surface area contributed by atoms with E-state index in [-0.39, 0.29) is 24.2 Å². The van der Waals surface area contributed by atoms with Crippen LogP contribution in [0.5, 0.6) is 5.75 Å². The van der Waals surface area contributed by atoms with Gasteiger partial charge in [-0.15, -0.1) is 12.4 Å². The van der Waals surface area contributed by atoms with E-state index in [4.69, 9.17) is 10.5 Å². The number of nitrogens with two attached hydrogens (primary N) is 1. The molecule has 0 spiro atoms. The average Bonchev–Trinajstić information content (AvgIpc) is 2.38. The SMILES string of the molecule is COc1ccc(CCNC(=O)[C@H](N)C(C)C)cc1.Cl. The molecule has 0 aliphatic heterocycles. The van der Waals surface area contributed by atoms with Crippen LogP contribution in [-0.2, 0) is 11.2 Å². The Morgan fingerprint density at radius 2 is 1.89 bits per heavy atom. The fourth-order valence-electron chi connectivity index (χ4n) is 1.54. The first-order valence-electron chi connectivity index (χ1n) is 6.21. The van der Waals surface area contributed by atoms with Gasteiger partial charge >= 0.3 is 0 Å². The normalized spacial score (nSPS) is 11.6. The highest BCUT2D eigenvalue weighted by Gasteiger charge is 2.16. The Kier molecular flexibility index (Phi) is 8.19. The lowest BCUT2D eigenvalue weighted by Crippen LogP contribution is -2.44. The molecule has 4 nitrogen and oxygen atoms in total. The van der Waals surface area contributed by atoms with Crippen LogP contribution in [-0.4, -0.2) is 25.6 Å². The lowest BCUT2D eigenvalue weighted by Gasteiger charge is -2.15. The molecule has 0 radical (unpaired) electrons. The number of carbonyl (C=O) groups is 1. The van der Waals surface area contributed by atoms with E-state index in [2.05, 4.69) is 5.32 Å². The summed E-state index contributed by atoms with van der Waals surface area (Å²) in [4.78, 5) is 11.6. The molecule has 0 aromatic heterocycles. The Labute approximate surface area is 121 Å². The van der Waals surface area contributed by atoms with Crippen LogP contribution in [0.25, 0.3) is 0 Å². The van der Waals surface area contributed by atoms with Crippen molar-refractivity contribution >= 4 is 18.3 Å². The summed E-state index contributed by atoms with van der Waals surface area (Å²) in [6.45, 7) is 4.48. The topological polar surface area (TPSA) is 64.3 Å². The largest absolute Gasteiger partial charge is 0.497 e. The highest BCUT2D eigenvalue weighted by atomic mass is 35.5. The molecule has 0 saturated carbocycles. The Bertz CT molecular complexity index is 380. The second kappa shape index (κ2) is 8.77. The van der Waals surface area contributed by atoms with Crippen LogP contribution in [0.2, 0.25) is 0 Å². The number of amides is 1. The minimum atomic E-state index is -0.430. The van der Waals surface area contributed by atoms with E-state index in [0.29, 0.717) is 6.54 Å². The zero-order chi connectivity index (χ0) is 13.5. The van der Waals surface area contributed by atoms with Gasteiger partial charge in [0.15, 0.2) is 0 Å². The summed E-state index contributed by atoms with van der Waals surface area (Å²) in [5.74, 6) is 0.911.